The Balaban J connectivity index is 2.20. The van der Waals surface area contributed by atoms with Crippen LogP contribution in [-0.2, 0) is 15.0 Å². The molecule has 0 aliphatic carbocycles. The Morgan fingerprint density at radius 2 is 1.80 bits per heavy atom. The molecule has 1 saturated heterocycles. The number of aromatic hydroxyl groups is 1. The van der Waals surface area contributed by atoms with Crippen molar-refractivity contribution in [3.63, 3.8) is 0 Å². The number of likely N-dealkylation sites (tertiary alicyclic amines) is 1. The van der Waals surface area contributed by atoms with Gasteiger partial charge < -0.3 is 24.7 Å². The zero-order valence-corrected chi connectivity index (χ0v) is 21.7. The zero-order valence-electron chi connectivity index (χ0n) is 21.7. The normalized spacial score (nSPS) is 17.9. The van der Waals surface area contributed by atoms with Crippen molar-refractivity contribution in [1.82, 2.24) is 9.80 Å². The molecule has 0 aromatic heterocycles. The highest BCUT2D eigenvalue weighted by Gasteiger charge is 2.46. The van der Waals surface area contributed by atoms with Crippen molar-refractivity contribution < 1.29 is 24.5 Å². The number of hydrogen-bond acceptors (Lipinski definition) is 6. The van der Waals surface area contributed by atoms with Crippen molar-refractivity contribution in [2.75, 3.05) is 34.3 Å². The number of methoxy groups -OCH3 is 1. The van der Waals surface area contributed by atoms with Crippen molar-refractivity contribution in [2.24, 2.45) is 0 Å². The van der Waals surface area contributed by atoms with E-state index in [1.54, 1.807) is 12.1 Å². The number of ketones is 1. The minimum Gasteiger partial charge on any atom is -0.507 e. The van der Waals surface area contributed by atoms with Gasteiger partial charge in [-0.25, -0.2) is 0 Å². The molecule has 0 saturated carbocycles. The molecule has 2 aromatic rings. The second kappa shape index (κ2) is 10.1. The van der Waals surface area contributed by atoms with Gasteiger partial charge in [-0.1, -0.05) is 39.0 Å². The first-order valence-corrected chi connectivity index (χ1v) is 11.8. The highest BCUT2D eigenvalue weighted by Crippen LogP contribution is 2.42. The first-order chi connectivity index (χ1) is 16.4. The Labute approximate surface area is 207 Å². The van der Waals surface area contributed by atoms with Crippen LogP contribution in [0, 0.1) is 6.92 Å². The number of aryl methyl sites for hydroxylation is 1. The van der Waals surface area contributed by atoms with E-state index in [-0.39, 0.29) is 28.2 Å². The van der Waals surface area contributed by atoms with Crippen LogP contribution in [0.1, 0.15) is 55.5 Å². The zero-order chi connectivity index (χ0) is 26.1. The minimum atomic E-state index is -0.827. The molecule has 1 amide bonds. The van der Waals surface area contributed by atoms with Crippen molar-refractivity contribution in [3.05, 3.63) is 64.2 Å². The number of ether oxygens (including phenoxy) is 1. The fourth-order valence-corrected chi connectivity index (χ4v) is 4.38. The summed E-state index contributed by atoms with van der Waals surface area (Å²) < 4.78 is 5.16. The number of aliphatic hydroxyl groups excluding tert-OH is 1. The topological polar surface area (TPSA) is 90.3 Å². The van der Waals surface area contributed by atoms with E-state index in [0.717, 1.165) is 17.7 Å². The van der Waals surface area contributed by atoms with E-state index in [1.165, 1.54) is 18.1 Å². The molecule has 1 heterocycles. The molecule has 2 N–H and O–H groups in total. The maximum absolute atomic E-state index is 13.3. The number of rotatable bonds is 7. The lowest BCUT2D eigenvalue weighted by molar-refractivity contribution is -0.139. The average Bonchev–Trinajstić information content (AvgIpc) is 3.03. The number of Topliss-reactive ketones (excluding diaryl/α,β-unsaturated/α-hetero) is 1. The van der Waals surface area contributed by atoms with Gasteiger partial charge in [0.25, 0.3) is 11.7 Å². The summed E-state index contributed by atoms with van der Waals surface area (Å²) in [6.45, 7) is 9.15. The summed E-state index contributed by atoms with van der Waals surface area (Å²) in [5.41, 5.74) is 2.71. The van der Waals surface area contributed by atoms with E-state index in [2.05, 4.69) is 20.8 Å². The fraction of sp³-hybridized carbons (Fsp3) is 0.429. The van der Waals surface area contributed by atoms with Crippen molar-refractivity contribution in [3.8, 4) is 11.5 Å². The van der Waals surface area contributed by atoms with Crippen molar-refractivity contribution >= 4 is 17.4 Å². The molecule has 1 aliphatic rings. The van der Waals surface area contributed by atoms with Crippen LogP contribution < -0.4 is 4.74 Å². The van der Waals surface area contributed by atoms with E-state index < -0.39 is 17.7 Å². The molecule has 1 fully saturated rings. The first kappa shape index (κ1) is 26.3. The molecule has 188 valence electrons. The predicted octanol–water partition coefficient (Wildman–Crippen LogP) is 4.38. The monoisotopic (exact) mass is 480 g/mol. The number of phenolic OH excluding ortho intramolecular Hbond substituents is 1. The number of carbonyl (C=O) groups excluding carboxylic acids is 2. The third-order valence-electron chi connectivity index (χ3n) is 6.42. The molecule has 2 aromatic carbocycles. The Morgan fingerprint density at radius 1 is 1.11 bits per heavy atom. The highest BCUT2D eigenvalue weighted by atomic mass is 16.5. The number of carbonyl (C=O) groups is 2. The smallest absolute Gasteiger partial charge is 0.295 e. The summed E-state index contributed by atoms with van der Waals surface area (Å²) in [4.78, 5) is 30.0. The van der Waals surface area contributed by atoms with Gasteiger partial charge in [-0.3, -0.25) is 9.59 Å². The molecular formula is C28H36N2O5. The number of amides is 1. The number of aliphatic hydroxyl groups is 1. The van der Waals surface area contributed by atoms with Crippen LogP contribution in [-0.4, -0.2) is 66.0 Å². The summed E-state index contributed by atoms with van der Waals surface area (Å²) in [5, 5.41) is 21.9. The standard InChI is InChI=1S/C28H36N2O5/c1-17-9-11-19(28(2,3)4)16-20(17)25(32)23-24(18-10-12-22(35-7)21(31)15-18)30(27(34)26(23)33)14-8-13-29(5)6/h9-12,15-16,24,31-32H,8,13-14H2,1-7H3/b25-23+. The van der Waals surface area contributed by atoms with Crippen LogP contribution in [0.5, 0.6) is 11.5 Å². The van der Waals surface area contributed by atoms with Gasteiger partial charge in [0, 0.05) is 12.1 Å². The molecule has 1 aliphatic heterocycles. The third kappa shape index (κ3) is 5.35. The second-order valence-corrected chi connectivity index (χ2v) is 10.4. The van der Waals surface area contributed by atoms with Crippen LogP contribution in [0.2, 0.25) is 0 Å². The van der Waals surface area contributed by atoms with Crippen LogP contribution >= 0.6 is 0 Å². The molecule has 7 heteroatoms. The molecule has 0 bridgehead atoms. The molecule has 1 unspecified atom stereocenters. The van der Waals surface area contributed by atoms with E-state index in [9.17, 15) is 19.8 Å². The lowest BCUT2D eigenvalue weighted by atomic mass is 9.84. The Kier molecular flexibility index (Phi) is 7.60. The Bertz CT molecular complexity index is 1160. The summed E-state index contributed by atoms with van der Waals surface area (Å²) >= 11 is 0. The van der Waals surface area contributed by atoms with Gasteiger partial charge in [0.1, 0.15) is 5.76 Å². The Morgan fingerprint density at radius 3 is 2.37 bits per heavy atom. The van der Waals surface area contributed by atoms with E-state index >= 15 is 0 Å². The van der Waals surface area contributed by atoms with Gasteiger partial charge in [0.15, 0.2) is 11.5 Å². The van der Waals surface area contributed by atoms with Crippen molar-refractivity contribution in [1.29, 1.82) is 0 Å². The van der Waals surface area contributed by atoms with E-state index in [0.29, 0.717) is 24.1 Å². The van der Waals surface area contributed by atoms with Crippen LogP contribution in [0.15, 0.2) is 42.0 Å². The van der Waals surface area contributed by atoms with Gasteiger partial charge in [-0.05, 0) is 74.3 Å². The molecule has 1 atom stereocenters. The number of nitrogens with zero attached hydrogens (tertiary/aromatic N) is 2. The predicted molar refractivity (Wildman–Crippen MR) is 137 cm³/mol. The maximum atomic E-state index is 13.3. The molecule has 0 radical (unpaired) electrons. The Hall–Kier alpha value is -3.32. The SMILES string of the molecule is COc1ccc(C2/C(=C(\O)c3cc(C(C)(C)C)ccc3C)C(=O)C(=O)N2CCCN(C)C)cc1O. The molecule has 3 rings (SSSR count). The molecular weight excluding hydrogens is 444 g/mol. The van der Waals surface area contributed by atoms with Crippen LogP contribution in [0.4, 0.5) is 0 Å². The van der Waals surface area contributed by atoms with Gasteiger partial charge in [0.2, 0.25) is 0 Å². The van der Waals surface area contributed by atoms with Gasteiger partial charge >= 0.3 is 0 Å². The van der Waals surface area contributed by atoms with E-state index in [4.69, 9.17) is 4.74 Å². The average molecular weight is 481 g/mol. The first-order valence-electron chi connectivity index (χ1n) is 11.8. The largest absolute Gasteiger partial charge is 0.507 e. The lowest BCUT2D eigenvalue weighted by Crippen LogP contribution is -2.32. The summed E-state index contributed by atoms with van der Waals surface area (Å²) in [6.07, 6.45) is 0.650. The number of hydrogen-bond donors (Lipinski definition) is 2. The maximum Gasteiger partial charge on any atom is 0.295 e. The van der Waals surface area contributed by atoms with Crippen molar-refractivity contribution in [2.45, 2.75) is 45.6 Å². The minimum absolute atomic E-state index is 0.0265. The van der Waals surface area contributed by atoms with Crippen LogP contribution in [0.25, 0.3) is 5.76 Å². The van der Waals surface area contributed by atoms with Gasteiger partial charge in [0.05, 0.1) is 18.7 Å². The summed E-state index contributed by atoms with van der Waals surface area (Å²) in [7, 11) is 5.34. The fourth-order valence-electron chi connectivity index (χ4n) is 4.38. The van der Waals surface area contributed by atoms with Gasteiger partial charge in [-0.2, -0.15) is 0 Å². The third-order valence-corrected chi connectivity index (χ3v) is 6.42. The van der Waals surface area contributed by atoms with Crippen LogP contribution in [0.3, 0.4) is 0 Å². The van der Waals surface area contributed by atoms with Gasteiger partial charge in [-0.15, -0.1) is 0 Å². The van der Waals surface area contributed by atoms with E-state index in [1.807, 2.05) is 44.1 Å². The number of phenols is 1. The molecule has 7 nitrogen and oxygen atoms in total. The summed E-state index contributed by atoms with van der Waals surface area (Å²) in [6, 6.07) is 9.76. The lowest BCUT2D eigenvalue weighted by Gasteiger charge is -2.26. The summed E-state index contributed by atoms with van der Waals surface area (Å²) in [5.74, 6) is -1.41. The number of benzene rings is 2. The second-order valence-electron chi connectivity index (χ2n) is 10.4. The molecule has 35 heavy (non-hydrogen) atoms. The highest BCUT2D eigenvalue weighted by molar-refractivity contribution is 6.46. The quantitative estimate of drug-likeness (QED) is 0.347. The molecule has 0 spiro atoms.